The molecule has 1 heterocycles. The Hall–Kier alpha value is -0.930. The average Bonchev–Trinajstić information content (AvgIpc) is 2.62. The van der Waals surface area contributed by atoms with Gasteiger partial charge in [0.05, 0.1) is 9.92 Å². The summed E-state index contributed by atoms with van der Waals surface area (Å²) in [5.74, 6) is -0.899. The predicted molar refractivity (Wildman–Crippen MR) is 101 cm³/mol. The number of likely N-dealkylation sites (N-methyl/N-ethyl adjacent to an activating group) is 1. The maximum absolute atomic E-state index is 13.2. The molecule has 2 N–H and O–H groups in total. The SMILES string of the molecule is CC(CN)N(C)C(=O)C1CCN(S(=O)(=O)c2ccc(F)c(Cl)c2)CC1.Cl. The van der Waals surface area contributed by atoms with E-state index in [4.69, 9.17) is 17.3 Å². The van der Waals surface area contributed by atoms with Gasteiger partial charge in [0.15, 0.2) is 0 Å². The maximum Gasteiger partial charge on any atom is 0.243 e. The van der Waals surface area contributed by atoms with Crippen LogP contribution >= 0.6 is 24.0 Å². The Morgan fingerprint density at radius 1 is 1.42 bits per heavy atom. The minimum atomic E-state index is -3.75. The molecular formula is C16H24Cl2FN3O3S. The number of nitrogens with two attached hydrogens (primary N) is 1. The van der Waals surface area contributed by atoms with Crippen molar-refractivity contribution in [3.05, 3.63) is 29.0 Å². The largest absolute Gasteiger partial charge is 0.342 e. The molecular weight excluding hydrogens is 404 g/mol. The lowest BCUT2D eigenvalue weighted by atomic mass is 9.96. The van der Waals surface area contributed by atoms with Crippen molar-refractivity contribution < 1.29 is 17.6 Å². The van der Waals surface area contributed by atoms with Crippen LogP contribution in [0.1, 0.15) is 19.8 Å². The summed E-state index contributed by atoms with van der Waals surface area (Å²) in [5.41, 5.74) is 5.59. The van der Waals surface area contributed by atoms with E-state index in [1.165, 1.54) is 10.4 Å². The predicted octanol–water partition coefficient (Wildman–Crippen LogP) is 2.11. The van der Waals surface area contributed by atoms with E-state index in [0.29, 0.717) is 19.4 Å². The van der Waals surface area contributed by atoms with E-state index < -0.39 is 15.8 Å². The van der Waals surface area contributed by atoms with Crippen molar-refractivity contribution in [3.8, 4) is 0 Å². The second-order valence-electron chi connectivity index (χ2n) is 6.29. The highest BCUT2D eigenvalue weighted by molar-refractivity contribution is 7.89. The highest BCUT2D eigenvalue weighted by Gasteiger charge is 2.34. The Morgan fingerprint density at radius 2 is 2.00 bits per heavy atom. The molecule has 1 fully saturated rings. The number of carbonyl (C=O) groups excluding carboxylic acids is 1. The average molecular weight is 428 g/mol. The normalized spacial score (nSPS) is 17.4. The molecule has 1 unspecified atom stereocenters. The van der Waals surface area contributed by atoms with Gasteiger partial charge in [0.25, 0.3) is 0 Å². The van der Waals surface area contributed by atoms with Crippen LogP contribution in [0.4, 0.5) is 4.39 Å². The number of hydrogen-bond acceptors (Lipinski definition) is 4. The Labute approximate surface area is 164 Å². The molecule has 0 radical (unpaired) electrons. The lowest BCUT2D eigenvalue weighted by Crippen LogP contribution is -2.47. The van der Waals surface area contributed by atoms with Crippen LogP contribution in [-0.2, 0) is 14.8 Å². The fourth-order valence-electron chi connectivity index (χ4n) is 2.79. The third-order valence-corrected chi connectivity index (χ3v) is 6.87. The number of nitrogens with zero attached hydrogens (tertiary/aromatic N) is 2. The minimum absolute atomic E-state index is 0. The molecule has 2 rings (SSSR count). The van der Waals surface area contributed by atoms with Gasteiger partial charge in [-0.1, -0.05) is 11.6 Å². The molecule has 1 aliphatic rings. The van der Waals surface area contributed by atoms with Crippen LogP contribution in [0.2, 0.25) is 5.02 Å². The lowest BCUT2D eigenvalue weighted by molar-refractivity contribution is -0.137. The van der Waals surface area contributed by atoms with E-state index in [9.17, 15) is 17.6 Å². The Morgan fingerprint density at radius 3 is 2.50 bits per heavy atom. The fourth-order valence-corrected chi connectivity index (χ4v) is 4.53. The number of piperidine rings is 1. The smallest absolute Gasteiger partial charge is 0.243 e. The molecule has 6 nitrogen and oxygen atoms in total. The van der Waals surface area contributed by atoms with Crippen molar-refractivity contribution in [2.24, 2.45) is 11.7 Å². The summed E-state index contributed by atoms with van der Waals surface area (Å²) < 4.78 is 39.9. The van der Waals surface area contributed by atoms with Crippen molar-refractivity contribution in [1.29, 1.82) is 0 Å². The molecule has 1 aromatic rings. The number of rotatable bonds is 5. The summed E-state index contributed by atoms with van der Waals surface area (Å²) in [6.45, 7) is 2.72. The summed E-state index contributed by atoms with van der Waals surface area (Å²) in [5, 5.41) is -0.233. The second-order valence-corrected chi connectivity index (χ2v) is 8.63. The van der Waals surface area contributed by atoms with Crippen LogP contribution in [0.5, 0.6) is 0 Å². The van der Waals surface area contributed by atoms with Gasteiger partial charge in [-0.2, -0.15) is 4.31 Å². The maximum atomic E-state index is 13.2. The van der Waals surface area contributed by atoms with Gasteiger partial charge in [0, 0.05) is 38.6 Å². The van der Waals surface area contributed by atoms with Crippen LogP contribution < -0.4 is 5.73 Å². The molecule has 0 spiro atoms. The zero-order valence-electron chi connectivity index (χ0n) is 14.7. The molecule has 1 aromatic carbocycles. The third kappa shape index (κ3) is 4.86. The van der Waals surface area contributed by atoms with E-state index in [1.807, 2.05) is 6.92 Å². The third-order valence-electron chi connectivity index (χ3n) is 4.68. The van der Waals surface area contributed by atoms with E-state index >= 15 is 0 Å². The number of benzene rings is 1. The van der Waals surface area contributed by atoms with E-state index in [1.54, 1.807) is 11.9 Å². The molecule has 1 saturated heterocycles. The lowest BCUT2D eigenvalue weighted by Gasteiger charge is -2.34. The molecule has 0 bridgehead atoms. The van der Waals surface area contributed by atoms with Crippen molar-refractivity contribution in [1.82, 2.24) is 9.21 Å². The summed E-state index contributed by atoms with van der Waals surface area (Å²) in [6.07, 6.45) is 0.878. The molecule has 26 heavy (non-hydrogen) atoms. The quantitative estimate of drug-likeness (QED) is 0.779. The number of carbonyl (C=O) groups is 1. The summed E-state index contributed by atoms with van der Waals surface area (Å²) in [4.78, 5) is 14.0. The Kier molecular flexibility index (Phi) is 8.29. The number of sulfonamides is 1. The van der Waals surface area contributed by atoms with E-state index in [2.05, 4.69) is 0 Å². The van der Waals surface area contributed by atoms with Gasteiger partial charge in [-0.25, -0.2) is 12.8 Å². The van der Waals surface area contributed by atoms with Gasteiger partial charge in [0.2, 0.25) is 15.9 Å². The molecule has 0 aliphatic carbocycles. The zero-order valence-corrected chi connectivity index (χ0v) is 17.1. The first-order chi connectivity index (χ1) is 11.7. The van der Waals surface area contributed by atoms with Crippen LogP contribution in [0.3, 0.4) is 0 Å². The first kappa shape index (κ1) is 23.1. The van der Waals surface area contributed by atoms with Gasteiger partial charge in [-0.15, -0.1) is 12.4 Å². The molecule has 0 saturated carbocycles. The first-order valence-electron chi connectivity index (χ1n) is 8.10. The van der Waals surface area contributed by atoms with Crippen LogP contribution in [0.25, 0.3) is 0 Å². The van der Waals surface area contributed by atoms with E-state index in [0.717, 1.165) is 12.1 Å². The van der Waals surface area contributed by atoms with Crippen LogP contribution in [0, 0.1) is 11.7 Å². The molecule has 1 amide bonds. The second kappa shape index (κ2) is 9.32. The fraction of sp³-hybridized carbons (Fsp3) is 0.562. The molecule has 1 aliphatic heterocycles. The highest BCUT2D eigenvalue weighted by atomic mass is 35.5. The van der Waals surface area contributed by atoms with Gasteiger partial charge >= 0.3 is 0 Å². The van der Waals surface area contributed by atoms with Gasteiger partial charge in [-0.3, -0.25) is 4.79 Å². The van der Waals surface area contributed by atoms with E-state index in [-0.39, 0.29) is 53.3 Å². The topological polar surface area (TPSA) is 83.7 Å². The Bertz CT molecular complexity index is 740. The molecule has 1 atom stereocenters. The number of hydrogen-bond donors (Lipinski definition) is 1. The minimum Gasteiger partial charge on any atom is -0.342 e. The molecule has 10 heteroatoms. The molecule has 148 valence electrons. The summed E-state index contributed by atoms with van der Waals surface area (Å²) in [6, 6.07) is 3.29. The van der Waals surface area contributed by atoms with Crippen LogP contribution in [-0.4, -0.2) is 56.3 Å². The van der Waals surface area contributed by atoms with Crippen molar-refractivity contribution in [2.75, 3.05) is 26.7 Å². The van der Waals surface area contributed by atoms with Crippen molar-refractivity contribution in [2.45, 2.75) is 30.7 Å². The zero-order chi connectivity index (χ0) is 18.8. The Balaban J connectivity index is 0.00000338. The van der Waals surface area contributed by atoms with Crippen molar-refractivity contribution >= 4 is 39.9 Å². The van der Waals surface area contributed by atoms with Gasteiger partial charge in [0.1, 0.15) is 5.82 Å². The highest BCUT2D eigenvalue weighted by Crippen LogP contribution is 2.27. The van der Waals surface area contributed by atoms with Crippen molar-refractivity contribution in [3.63, 3.8) is 0 Å². The summed E-state index contributed by atoms with van der Waals surface area (Å²) in [7, 11) is -2.04. The standard InChI is InChI=1S/C16H23ClFN3O3S.ClH/c1-11(10-19)20(2)16(22)12-5-7-21(8-6-12)25(23,24)13-3-4-15(18)14(17)9-13;/h3-4,9,11-12H,5-8,10,19H2,1-2H3;1H. The van der Waals surface area contributed by atoms with Gasteiger partial charge < -0.3 is 10.6 Å². The number of amides is 1. The number of halogens is 3. The first-order valence-corrected chi connectivity index (χ1v) is 9.92. The molecule has 0 aromatic heterocycles. The van der Waals surface area contributed by atoms with Gasteiger partial charge in [-0.05, 0) is 38.0 Å². The summed E-state index contributed by atoms with van der Waals surface area (Å²) >= 11 is 5.68. The van der Waals surface area contributed by atoms with Crippen LogP contribution in [0.15, 0.2) is 23.1 Å². The monoisotopic (exact) mass is 427 g/mol.